The van der Waals surface area contributed by atoms with Crippen LogP contribution in [0.2, 0.25) is 0 Å². The summed E-state index contributed by atoms with van der Waals surface area (Å²) in [6.07, 6.45) is 0.00336. The van der Waals surface area contributed by atoms with Gasteiger partial charge in [-0.15, -0.1) is 5.10 Å². The molecule has 0 bridgehead atoms. The molecule has 2 N–H and O–H groups in total. The standard InChI is InChI=1S/C21H21FN4O3S/c1-3-29-17-10-8-16(9-11-17)23-19(27)12-18-20(28)24-21(30-18)26-25-13(2)14-4-6-15(22)7-5-14/h4-11,18H,3,12H2,1-2H3,(H,23,27)(H,24,26,28)/b25-13-/t18-/m1/s1. The first-order valence-electron chi connectivity index (χ1n) is 9.33. The van der Waals surface area contributed by atoms with Crippen molar-refractivity contribution in [2.75, 3.05) is 11.9 Å². The topological polar surface area (TPSA) is 92.2 Å². The van der Waals surface area contributed by atoms with Gasteiger partial charge in [0.25, 0.3) is 0 Å². The van der Waals surface area contributed by atoms with Gasteiger partial charge >= 0.3 is 0 Å². The van der Waals surface area contributed by atoms with E-state index in [0.717, 1.165) is 23.1 Å². The van der Waals surface area contributed by atoms with Crippen LogP contribution in [0, 0.1) is 5.82 Å². The van der Waals surface area contributed by atoms with Crippen LogP contribution in [0.15, 0.2) is 58.7 Å². The second-order valence-electron chi connectivity index (χ2n) is 6.40. The van der Waals surface area contributed by atoms with Crippen LogP contribution in [0.25, 0.3) is 0 Å². The summed E-state index contributed by atoms with van der Waals surface area (Å²) in [4.78, 5) is 24.4. The van der Waals surface area contributed by atoms with Crippen molar-refractivity contribution in [1.29, 1.82) is 0 Å². The minimum absolute atomic E-state index is 0.00336. The first kappa shape index (κ1) is 21.5. The molecule has 0 radical (unpaired) electrons. The number of rotatable bonds is 7. The van der Waals surface area contributed by atoms with Crippen LogP contribution in [0.3, 0.4) is 0 Å². The van der Waals surface area contributed by atoms with Crippen LogP contribution in [0.1, 0.15) is 25.8 Å². The Labute approximate surface area is 177 Å². The number of nitrogens with one attached hydrogen (secondary N) is 2. The average molecular weight is 428 g/mol. The Morgan fingerprint density at radius 2 is 1.90 bits per heavy atom. The number of anilines is 1. The van der Waals surface area contributed by atoms with Crippen LogP contribution in [0.5, 0.6) is 5.75 Å². The van der Waals surface area contributed by atoms with Gasteiger partial charge in [0.05, 0.1) is 12.3 Å². The maximum Gasteiger partial charge on any atom is 0.240 e. The zero-order valence-electron chi connectivity index (χ0n) is 16.5. The Hall–Kier alpha value is -3.20. The molecule has 1 atom stereocenters. The molecule has 0 unspecified atom stereocenters. The summed E-state index contributed by atoms with van der Waals surface area (Å²) in [5.74, 6) is -0.185. The van der Waals surface area contributed by atoms with Gasteiger partial charge in [-0.05, 0) is 55.8 Å². The van der Waals surface area contributed by atoms with Crippen molar-refractivity contribution in [2.24, 2.45) is 10.2 Å². The van der Waals surface area contributed by atoms with E-state index in [1.54, 1.807) is 43.3 Å². The lowest BCUT2D eigenvalue weighted by molar-refractivity contribution is -0.122. The fourth-order valence-corrected chi connectivity index (χ4v) is 3.56. The van der Waals surface area contributed by atoms with Crippen LogP contribution in [0.4, 0.5) is 10.1 Å². The van der Waals surface area contributed by atoms with Crippen LogP contribution >= 0.6 is 11.8 Å². The molecule has 1 heterocycles. The number of hydrogen-bond donors (Lipinski definition) is 2. The summed E-state index contributed by atoms with van der Waals surface area (Å²) in [6.45, 7) is 4.20. The molecule has 9 heteroatoms. The SMILES string of the molecule is CCOc1ccc(NC(=O)C[C@H]2S/C(=N/N=C(/C)c3ccc(F)cc3)NC2=O)cc1. The first-order valence-corrected chi connectivity index (χ1v) is 10.2. The molecule has 2 amide bonds. The summed E-state index contributed by atoms with van der Waals surface area (Å²) in [6, 6.07) is 12.9. The number of amidine groups is 1. The normalized spacial score (nSPS) is 17.7. The number of amides is 2. The molecule has 30 heavy (non-hydrogen) atoms. The van der Waals surface area contributed by atoms with Gasteiger partial charge in [0.2, 0.25) is 11.8 Å². The predicted octanol–water partition coefficient (Wildman–Crippen LogP) is 3.56. The van der Waals surface area contributed by atoms with Crippen molar-refractivity contribution in [2.45, 2.75) is 25.5 Å². The lowest BCUT2D eigenvalue weighted by Gasteiger charge is -2.08. The third-order valence-electron chi connectivity index (χ3n) is 4.15. The zero-order chi connectivity index (χ0) is 21.5. The minimum atomic E-state index is -0.590. The molecule has 3 rings (SSSR count). The van der Waals surface area contributed by atoms with Gasteiger partial charge in [-0.25, -0.2) is 4.39 Å². The fraction of sp³-hybridized carbons (Fsp3) is 0.238. The summed E-state index contributed by atoms with van der Waals surface area (Å²) in [7, 11) is 0. The van der Waals surface area contributed by atoms with E-state index in [4.69, 9.17) is 4.74 Å². The molecule has 0 spiro atoms. The molecule has 1 fully saturated rings. The van der Waals surface area contributed by atoms with Gasteiger partial charge in [-0.1, -0.05) is 23.9 Å². The monoisotopic (exact) mass is 428 g/mol. The van der Waals surface area contributed by atoms with Crippen molar-refractivity contribution in [3.8, 4) is 5.75 Å². The van der Waals surface area contributed by atoms with Crippen molar-refractivity contribution < 1.29 is 18.7 Å². The minimum Gasteiger partial charge on any atom is -0.494 e. The quantitative estimate of drug-likeness (QED) is 0.521. The molecule has 2 aromatic rings. The van der Waals surface area contributed by atoms with E-state index in [2.05, 4.69) is 20.8 Å². The van der Waals surface area contributed by atoms with Gasteiger partial charge in [-0.3, -0.25) is 9.59 Å². The largest absolute Gasteiger partial charge is 0.494 e. The number of carbonyl (C=O) groups is 2. The lowest BCUT2D eigenvalue weighted by Crippen LogP contribution is -2.28. The molecule has 156 valence electrons. The Morgan fingerprint density at radius 3 is 2.57 bits per heavy atom. The van der Waals surface area contributed by atoms with Crippen molar-refractivity contribution in [1.82, 2.24) is 5.32 Å². The molecule has 1 saturated heterocycles. The van der Waals surface area contributed by atoms with Gasteiger partial charge in [0.15, 0.2) is 5.17 Å². The Bertz CT molecular complexity index is 975. The van der Waals surface area contributed by atoms with Crippen molar-refractivity contribution >= 4 is 40.1 Å². The maximum absolute atomic E-state index is 13.0. The van der Waals surface area contributed by atoms with Gasteiger partial charge in [-0.2, -0.15) is 5.10 Å². The highest BCUT2D eigenvalue weighted by atomic mass is 32.2. The van der Waals surface area contributed by atoms with E-state index >= 15 is 0 Å². The summed E-state index contributed by atoms with van der Waals surface area (Å²) >= 11 is 1.15. The maximum atomic E-state index is 13.0. The Morgan fingerprint density at radius 1 is 1.20 bits per heavy atom. The van der Waals surface area contributed by atoms with E-state index in [9.17, 15) is 14.0 Å². The second kappa shape index (κ2) is 10.0. The summed E-state index contributed by atoms with van der Waals surface area (Å²) in [5, 5.41) is 13.2. The number of carbonyl (C=O) groups excluding carboxylic acids is 2. The summed E-state index contributed by atoms with van der Waals surface area (Å²) < 4.78 is 18.4. The van der Waals surface area contributed by atoms with Crippen molar-refractivity contribution in [3.05, 3.63) is 59.9 Å². The number of benzene rings is 2. The highest BCUT2D eigenvalue weighted by Gasteiger charge is 2.32. The van der Waals surface area contributed by atoms with Crippen LogP contribution < -0.4 is 15.4 Å². The molecular formula is C21H21FN4O3S. The molecule has 2 aromatic carbocycles. The van der Waals surface area contributed by atoms with Gasteiger partial charge in [0, 0.05) is 12.1 Å². The molecule has 0 aliphatic carbocycles. The fourth-order valence-electron chi connectivity index (χ4n) is 2.64. The van der Waals surface area contributed by atoms with E-state index < -0.39 is 5.25 Å². The van der Waals surface area contributed by atoms with E-state index in [1.165, 1.54) is 12.1 Å². The number of thioether (sulfide) groups is 1. The molecular weight excluding hydrogens is 407 g/mol. The van der Waals surface area contributed by atoms with E-state index in [-0.39, 0.29) is 24.1 Å². The Kier molecular flexibility index (Phi) is 7.18. The molecule has 1 aliphatic heterocycles. The smallest absolute Gasteiger partial charge is 0.240 e. The lowest BCUT2D eigenvalue weighted by atomic mass is 10.1. The Balaban J connectivity index is 1.55. The van der Waals surface area contributed by atoms with Crippen LogP contribution in [-0.2, 0) is 9.59 Å². The van der Waals surface area contributed by atoms with Gasteiger partial charge in [0.1, 0.15) is 16.8 Å². The number of hydrogen-bond acceptors (Lipinski definition) is 6. The number of halogens is 1. The molecule has 1 aliphatic rings. The predicted molar refractivity (Wildman–Crippen MR) is 116 cm³/mol. The number of nitrogens with zero attached hydrogens (tertiary/aromatic N) is 2. The van der Waals surface area contributed by atoms with Crippen molar-refractivity contribution in [3.63, 3.8) is 0 Å². The summed E-state index contributed by atoms with van der Waals surface area (Å²) in [5.41, 5.74) is 1.93. The second-order valence-corrected chi connectivity index (χ2v) is 7.59. The molecule has 0 saturated carbocycles. The van der Waals surface area contributed by atoms with E-state index in [1.807, 2.05) is 6.92 Å². The van der Waals surface area contributed by atoms with E-state index in [0.29, 0.717) is 23.2 Å². The highest BCUT2D eigenvalue weighted by Crippen LogP contribution is 2.23. The average Bonchev–Trinajstić information content (AvgIpc) is 3.07. The number of ether oxygens (including phenoxy) is 1. The third kappa shape index (κ3) is 5.90. The van der Waals surface area contributed by atoms with Crippen LogP contribution in [-0.4, -0.2) is 34.6 Å². The molecule has 7 nitrogen and oxygen atoms in total. The van der Waals surface area contributed by atoms with Gasteiger partial charge < -0.3 is 15.4 Å². The highest BCUT2D eigenvalue weighted by molar-refractivity contribution is 8.15. The zero-order valence-corrected chi connectivity index (χ0v) is 17.3. The molecule has 0 aromatic heterocycles. The first-order chi connectivity index (χ1) is 14.4. The third-order valence-corrected chi connectivity index (χ3v) is 5.22.